The fourth-order valence-corrected chi connectivity index (χ4v) is 9.75. The summed E-state index contributed by atoms with van der Waals surface area (Å²) in [6.07, 6.45) is 9.13. The van der Waals surface area contributed by atoms with E-state index in [0.29, 0.717) is 11.8 Å². The number of nitrogens with zero attached hydrogens (tertiary/aromatic N) is 1. The van der Waals surface area contributed by atoms with Crippen LogP contribution in [0, 0.1) is 23.7 Å². The minimum absolute atomic E-state index is 0.198. The molecule has 0 amide bonds. The zero-order valence-electron chi connectivity index (χ0n) is 22.0. The van der Waals surface area contributed by atoms with Crippen LogP contribution in [0.5, 0.6) is 11.5 Å². The highest BCUT2D eigenvalue weighted by Crippen LogP contribution is 2.78. The van der Waals surface area contributed by atoms with E-state index >= 15 is 0 Å². The van der Waals surface area contributed by atoms with Gasteiger partial charge >= 0.3 is 0 Å². The second kappa shape index (κ2) is 6.99. The predicted octanol–water partition coefficient (Wildman–Crippen LogP) is 4.82. The van der Waals surface area contributed by atoms with Gasteiger partial charge in [-0.05, 0) is 68.7 Å². The van der Waals surface area contributed by atoms with Gasteiger partial charge in [0.2, 0.25) is 0 Å². The summed E-state index contributed by atoms with van der Waals surface area (Å²) < 4.78 is 13.5. The van der Waals surface area contributed by atoms with Gasteiger partial charge in [0.25, 0.3) is 0 Å². The van der Waals surface area contributed by atoms with Gasteiger partial charge in [0.05, 0.1) is 11.5 Å². The van der Waals surface area contributed by atoms with Gasteiger partial charge < -0.3 is 19.7 Å². The van der Waals surface area contributed by atoms with Gasteiger partial charge in [0.1, 0.15) is 11.7 Å². The standard InChI is InChI=1S/C32H37NO4/c1-19-5-4-6-22(15-19)27(35)29(2)18-30-11-12-32(29,36-3)28-31(30)13-14-33(17-20-7-8-20)24(30)16-21-9-10-23(34)26(37-28)25(21)31/h4-6,9-12,15,20,24,27-28,34-35H,7-8,13-14,16-18H2,1-3H3/t24?,27-,28+,29?,30?,31+,32+/m1/s1. The summed E-state index contributed by atoms with van der Waals surface area (Å²) in [5.41, 5.74) is 2.70. The Labute approximate surface area is 219 Å². The van der Waals surface area contributed by atoms with Crippen molar-refractivity contribution in [2.24, 2.45) is 16.7 Å². The summed E-state index contributed by atoms with van der Waals surface area (Å²) in [7, 11) is 1.77. The summed E-state index contributed by atoms with van der Waals surface area (Å²) in [5.74, 6) is 1.69. The maximum Gasteiger partial charge on any atom is 0.165 e. The Morgan fingerprint density at radius 2 is 2.03 bits per heavy atom. The van der Waals surface area contributed by atoms with Crippen molar-refractivity contribution in [3.05, 3.63) is 70.8 Å². The van der Waals surface area contributed by atoms with E-state index in [2.05, 4.69) is 49.1 Å². The van der Waals surface area contributed by atoms with E-state index in [-0.39, 0.29) is 22.7 Å². The van der Waals surface area contributed by atoms with E-state index in [1.807, 2.05) is 18.2 Å². The van der Waals surface area contributed by atoms with Crippen molar-refractivity contribution < 1.29 is 19.7 Å². The average molecular weight is 500 g/mol. The largest absolute Gasteiger partial charge is 0.504 e. The number of methoxy groups -OCH3 is 1. The van der Waals surface area contributed by atoms with Crippen LogP contribution in [0.15, 0.2) is 48.6 Å². The number of benzene rings is 2. The summed E-state index contributed by atoms with van der Waals surface area (Å²) >= 11 is 0. The number of phenolic OH excluding ortho intramolecular Hbond substituents is 1. The number of rotatable bonds is 5. The number of aromatic hydroxyl groups is 1. The number of hydrogen-bond acceptors (Lipinski definition) is 5. The van der Waals surface area contributed by atoms with Crippen LogP contribution in [0.2, 0.25) is 0 Å². The van der Waals surface area contributed by atoms with Crippen molar-refractivity contribution in [1.82, 2.24) is 4.90 Å². The van der Waals surface area contributed by atoms with Crippen LogP contribution in [0.3, 0.4) is 0 Å². The highest BCUT2D eigenvalue weighted by molar-refractivity contribution is 5.65. The lowest BCUT2D eigenvalue weighted by molar-refractivity contribution is -0.270. The van der Waals surface area contributed by atoms with Gasteiger partial charge in [-0.3, -0.25) is 4.90 Å². The number of ether oxygens (including phenoxy) is 2. The van der Waals surface area contributed by atoms with Gasteiger partial charge in [-0.2, -0.15) is 0 Å². The molecule has 2 spiro atoms. The molecule has 7 atom stereocenters. The molecule has 4 bridgehead atoms. The molecule has 7 aliphatic rings. The Morgan fingerprint density at radius 1 is 1.19 bits per heavy atom. The molecule has 5 heteroatoms. The van der Waals surface area contributed by atoms with Gasteiger partial charge in [-0.15, -0.1) is 0 Å². The fourth-order valence-electron chi connectivity index (χ4n) is 9.75. The van der Waals surface area contributed by atoms with Crippen LogP contribution in [-0.2, 0) is 16.6 Å². The highest BCUT2D eigenvalue weighted by Gasteiger charge is 2.82. The lowest BCUT2D eigenvalue weighted by Gasteiger charge is -2.74. The van der Waals surface area contributed by atoms with Crippen LogP contribution in [0.25, 0.3) is 0 Å². The molecule has 0 aromatic heterocycles. The molecule has 194 valence electrons. The Bertz CT molecular complexity index is 1350. The van der Waals surface area contributed by atoms with Crippen molar-refractivity contribution in [2.75, 3.05) is 20.2 Å². The molecule has 0 radical (unpaired) electrons. The Hall–Kier alpha value is -2.34. The molecule has 5 aliphatic carbocycles. The zero-order chi connectivity index (χ0) is 25.4. The van der Waals surface area contributed by atoms with E-state index in [1.165, 1.54) is 24.0 Å². The first-order valence-electron chi connectivity index (χ1n) is 14.1. The number of aryl methyl sites for hydroxylation is 1. The molecule has 2 aliphatic heterocycles. The summed E-state index contributed by atoms with van der Waals surface area (Å²) in [6, 6.07) is 12.5. The number of aliphatic hydroxyl groups is 1. The number of aliphatic hydroxyl groups excluding tert-OH is 1. The van der Waals surface area contributed by atoms with Crippen LogP contribution >= 0.6 is 0 Å². The molecule has 2 saturated carbocycles. The quantitative estimate of drug-likeness (QED) is 0.578. The monoisotopic (exact) mass is 499 g/mol. The third-order valence-electron chi connectivity index (χ3n) is 11.5. The van der Waals surface area contributed by atoms with E-state index in [0.717, 1.165) is 49.4 Å². The van der Waals surface area contributed by atoms with Gasteiger partial charge in [-0.25, -0.2) is 0 Å². The maximum atomic E-state index is 12.2. The molecule has 2 aromatic carbocycles. The van der Waals surface area contributed by atoms with Crippen molar-refractivity contribution >= 4 is 0 Å². The molecule has 5 nitrogen and oxygen atoms in total. The summed E-state index contributed by atoms with van der Waals surface area (Å²) in [5, 5.41) is 23.2. The number of fused-ring (bicyclic) bond motifs is 1. The Kier molecular flexibility index (Phi) is 4.28. The number of likely N-dealkylation sites (tertiary alicyclic amines) is 1. The summed E-state index contributed by atoms with van der Waals surface area (Å²) in [4.78, 5) is 2.77. The SMILES string of the molecule is CO[C@]12C=CC3(CC1(C)[C@H](O)c1cccc(C)c1)C1Cc4ccc(O)c5c4[C@@]3(CCN1CC1CC1)[C@@H]2O5. The van der Waals surface area contributed by atoms with E-state index in [4.69, 9.17) is 9.47 Å². The number of hydrogen-bond donors (Lipinski definition) is 2. The lowest BCUT2D eigenvalue weighted by atomic mass is 9.33. The summed E-state index contributed by atoms with van der Waals surface area (Å²) in [6.45, 7) is 6.49. The minimum Gasteiger partial charge on any atom is -0.504 e. The molecule has 37 heavy (non-hydrogen) atoms. The maximum absolute atomic E-state index is 12.2. The second-order valence-corrected chi connectivity index (χ2v) is 13.1. The molecule has 2 heterocycles. The third kappa shape index (κ3) is 2.44. The molecule has 2 aromatic rings. The Morgan fingerprint density at radius 3 is 2.78 bits per heavy atom. The molecule has 3 fully saturated rings. The predicted molar refractivity (Wildman–Crippen MR) is 141 cm³/mol. The first kappa shape index (κ1) is 22.6. The van der Waals surface area contributed by atoms with Crippen molar-refractivity contribution in [1.29, 1.82) is 0 Å². The van der Waals surface area contributed by atoms with Gasteiger partial charge in [-0.1, -0.05) is 55.0 Å². The minimum atomic E-state index is -0.832. The first-order chi connectivity index (χ1) is 17.8. The number of phenols is 1. The molecule has 3 unspecified atom stereocenters. The van der Waals surface area contributed by atoms with Gasteiger partial charge in [0, 0.05) is 36.1 Å². The van der Waals surface area contributed by atoms with Crippen LogP contribution in [0.4, 0.5) is 0 Å². The lowest BCUT2D eigenvalue weighted by Crippen LogP contribution is -2.81. The average Bonchev–Trinajstić information content (AvgIpc) is 3.63. The van der Waals surface area contributed by atoms with Crippen molar-refractivity contribution in [2.45, 2.75) is 75.2 Å². The molecule has 9 rings (SSSR count). The Balaban J connectivity index is 1.38. The first-order valence-corrected chi connectivity index (χ1v) is 14.1. The number of piperidine rings is 1. The zero-order valence-corrected chi connectivity index (χ0v) is 22.0. The second-order valence-electron chi connectivity index (χ2n) is 13.1. The van der Waals surface area contributed by atoms with E-state index < -0.39 is 17.1 Å². The topological polar surface area (TPSA) is 62.2 Å². The molecule has 1 saturated heterocycles. The van der Waals surface area contributed by atoms with Gasteiger partial charge in [0.15, 0.2) is 11.5 Å². The molecular weight excluding hydrogens is 462 g/mol. The normalized spacial score (nSPS) is 41.4. The van der Waals surface area contributed by atoms with E-state index in [1.54, 1.807) is 7.11 Å². The molecule has 2 N–H and O–H groups in total. The van der Waals surface area contributed by atoms with Crippen molar-refractivity contribution in [3.63, 3.8) is 0 Å². The van der Waals surface area contributed by atoms with Crippen LogP contribution in [-0.4, -0.2) is 53.1 Å². The van der Waals surface area contributed by atoms with Crippen LogP contribution in [0.1, 0.15) is 61.0 Å². The fraction of sp³-hybridized carbons (Fsp3) is 0.562. The third-order valence-corrected chi connectivity index (χ3v) is 11.5. The smallest absolute Gasteiger partial charge is 0.165 e. The van der Waals surface area contributed by atoms with E-state index in [9.17, 15) is 10.2 Å². The van der Waals surface area contributed by atoms with Crippen LogP contribution < -0.4 is 4.74 Å². The highest BCUT2D eigenvalue weighted by atomic mass is 16.6. The van der Waals surface area contributed by atoms with Crippen molar-refractivity contribution in [3.8, 4) is 11.5 Å². The molecular formula is C32H37NO4.